The van der Waals surface area contributed by atoms with Crippen molar-refractivity contribution < 1.29 is 0 Å². The van der Waals surface area contributed by atoms with Crippen molar-refractivity contribution in [2.24, 2.45) is 0 Å². The van der Waals surface area contributed by atoms with Gasteiger partial charge in [-0.3, -0.25) is 15.0 Å². The van der Waals surface area contributed by atoms with Crippen molar-refractivity contribution in [3.63, 3.8) is 0 Å². The number of hydrogen-bond donors (Lipinski definition) is 0. The molecule has 3 heterocycles. The van der Waals surface area contributed by atoms with E-state index in [-0.39, 0.29) is 5.92 Å². The first-order valence-corrected chi connectivity index (χ1v) is 10.1. The molecule has 3 aromatic heterocycles. The monoisotopic (exact) mass is 387 g/mol. The van der Waals surface area contributed by atoms with E-state index >= 15 is 0 Å². The fraction of sp³-hybridized carbons (Fsp3) is 0.0741. The second-order valence-electron chi connectivity index (χ2n) is 7.39. The number of aromatic nitrogens is 3. The number of pyridine rings is 3. The molecule has 0 bridgehead atoms. The highest BCUT2D eigenvalue weighted by Crippen LogP contribution is 2.34. The Labute approximate surface area is 176 Å². The Morgan fingerprint density at radius 1 is 0.567 bits per heavy atom. The Kier molecular flexibility index (Phi) is 5.01. The summed E-state index contributed by atoms with van der Waals surface area (Å²) < 4.78 is 0. The molecule has 30 heavy (non-hydrogen) atoms. The summed E-state index contributed by atoms with van der Waals surface area (Å²) in [6.45, 7) is 0. The van der Waals surface area contributed by atoms with Crippen LogP contribution in [0, 0.1) is 0 Å². The summed E-state index contributed by atoms with van der Waals surface area (Å²) in [4.78, 5) is 13.2. The van der Waals surface area contributed by atoms with Crippen LogP contribution in [0.15, 0.2) is 110 Å². The maximum atomic E-state index is 4.51. The Bertz CT molecular complexity index is 1220. The van der Waals surface area contributed by atoms with Crippen molar-refractivity contribution in [1.29, 1.82) is 0 Å². The van der Waals surface area contributed by atoms with Gasteiger partial charge in [-0.25, -0.2) is 0 Å². The quantitative estimate of drug-likeness (QED) is 0.367. The first kappa shape index (κ1) is 18.2. The third-order valence-electron chi connectivity index (χ3n) is 5.57. The third-order valence-corrected chi connectivity index (χ3v) is 5.57. The summed E-state index contributed by atoms with van der Waals surface area (Å²) in [6, 6.07) is 25.3. The molecule has 144 valence electrons. The molecule has 0 fully saturated rings. The zero-order chi connectivity index (χ0) is 20.2. The van der Waals surface area contributed by atoms with E-state index in [1.807, 2.05) is 49.3 Å². The lowest BCUT2D eigenvalue weighted by Gasteiger charge is -2.20. The third kappa shape index (κ3) is 3.58. The van der Waals surface area contributed by atoms with Crippen molar-refractivity contribution in [2.45, 2.75) is 12.3 Å². The molecule has 0 saturated heterocycles. The fourth-order valence-corrected chi connectivity index (χ4v) is 4.10. The molecule has 0 atom stereocenters. The van der Waals surface area contributed by atoms with Gasteiger partial charge < -0.3 is 0 Å². The molecule has 3 nitrogen and oxygen atoms in total. The van der Waals surface area contributed by atoms with E-state index in [0.29, 0.717) is 0 Å². The standard InChI is InChI=1S/C27H21N3/c1-3-11-24(27-19-30-18-21-8-2-4-12-25(21)27)20(7-1)15-26(22-9-5-13-28-16-22)23-10-6-14-29-17-23/h1-14,16-19,26H,15H2. The molecule has 0 amide bonds. The molecule has 0 aliphatic rings. The molecule has 0 unspecified atom stereocenters. The summed E-state index contributed by atoms with van der Waals surface area (Å²) >= 11 is 0. The molecule has 5 rings (SSSR count). The molecule has 0 aliphatic heterocycles. The lowest BCUT2D eigenvalue weighted by atomic mass is 9.84. The van der Waals surface area contributed by atoms with Gasteiger partial charge in [-0.1, -0.05) is 60.7 Å². The van der Waals surface area contributed by atoms with Crippen LogP contribution in [-0.2, 0) is 6.42 Å². The van der Waals surface area contributed by atoms with Crippen molar-refractivity contribution in [2.75, 3.05) is 0 Å². The van der Waals surface area contributed by atoms with Crippen molar-refractivity contribution >= 4 is 10.8 Å². The minimum atomic E-state index is 0.177. The maximum Gasteiger partial charge on any atom is 0.0352 e. The van der Waals surface area contributed by atoms with E-state index in [9.17, 15) is 0 Å². The van der Waals surface area contributed by atoms with Crippen LogP contribution in [0.4, 0.5) is 0 Å². The highest BCUT2D eigenvalue weighted by molar-refractivity contribution is 5.96. The summed E-state index contributed by atoms with van der Waals surface area (Å²) in [5, 5.41) is 2.38. The summed E-state index contributed by atoms with van der Waals surface area (Å²) in [6.07, 6.45) is 12.3. The van der Waals surface area contributed by atoms with Crippen LogP contribution in [0.25, 0.3) is 21.9 Å². The second-order valence-corrected chi connectivity index (χ2v) is 7.39. The molecule has 5 aromatic rings. The van der Waals surface area contributed by atoms with Crippen molar-refractivity contribution in [3.05, 3.63) is 127 Å². The number of rotatable bonds is 5. The predicted molar refractivity (Wildman–Crippen MR) is 121 cm³/mol. The van der Waals surface area contributed by atoms with Crippen LogP contribution in [0.3, 0.4) is 0 Å². The minimum absolute atomic E-state index is 0.177. The Balaban J connectivity index is 1.63. The number of benzene rings is 2. The minimum Gasteiger partial charge on any atom is -0.264 e. The first-order valence-electron chi connectivity index (χ1n) is 10.1. The van der Waals surface area contributed by atoms with E-state index in [2.05, 4.69) is 75.6 Å². The molecule has 3 heteroatoms. The lowest BCUT2D eigenvalue weighted by molar-refractivity contribution is 0.795. The fourth-order valence-electron chi connectivity index (χ4n) is 4.10. The van der Waals surface area contributed by atoms with Gasteiger partial charge in [-0.15, -0.1) is 0 Å². The normalized spacial score (nSPS) is 11.1. The van der Waals surface area contributed by atoms with Crippen LogP contribution in [0.5, 0.6) is 0 Å². The van der Waals surface area contributed by atoms with Gasteiger partial charge in [0, 0.05) is 54.0 Å². The first-order chi connectivity index (χ1) is 14.9. The Hall–Kier alpha value is -3.85. The van der Waals surface area contributed by atoms with Gasteiger partial charge in [0.1, 0.15) is 0 Å². The van der Waals surface area contributed by atoms with Crippen molar-refractivity contribution in [3.8, 4) is 11.1 Å². The molecular weight excluding hydrogens is 366 g/mol. The largest absolute Gasteiger partial charge is 0.264 e. The SMILES string of the molecule is c1cncc(C(Cc2ccccc2-c2cncc3ccccc23)c2cccnc2)c1. The molecule has 2 aromatic carbocycles. The van der Waals surface area contributed by atoms with Crippen LogP contribution in [0.2, 0.25) is 0 Å². The molecule has 0 spiro atoms. The van der Waals surface area contributed by atoms with E-state index in [0.717, 1.165) is 11.8 Å². The molecule has 0 radical (unpaired) electrons. The van der Waals surface area contributed by atoms with Gasteiger partial charge in [0.05, 0.1) is 0 Å². The topological polar surface area (TPSA) is 38.7 Å². The molecule has 0 N–H and O–H groups in total. The van der Waals surface area contributed by atoms with Crippen LogP contribution >= 0.6 is 0 Å². The van der Waals surface area contributed by atoms with Crippen molar-refractivity contribution in [1.82, 2.24) is 15.0 Å². The second kappa shape index (κ2) is 8.26. The number of nitrogens with zero attached hydrogens (tertiary/aromatic N) is 3. The Morgan fingerprint density at radius 2 is 1.27 bits per heavy atom. The van der Waals surface area contributed by atoms with Gasteiger partial charge >= 0.3 is 0 Å². The number of hydrogen-bond acceptors (Lipinski definition) is 3. The molecule has 0 saturated carbocycles. The Morgan fingerprint density at radius 3 is 2.00 bits per heavy atom. The maximum absolute atomic E-state index is 4.51. The van der Waals surface area contributed by atoms with Crippen LogP contribution < -0.4 is 0 Å². The summed E-state index contributed by atoms with van der Waals surface area (Å²) in [5.74, 6) is 0.177. The molecular formula is C27H21N3. The van der Waals surface area contributed by atoms with Gasteiger partial charge in [-0.2, -0.15) is 0 Å². The number of fused-ring (bicyclic) bond motifs is 1. The van der Waals surface area contributed by atoms with E-state index in [1.54, 1.807) is 0 Å². The highest BCUT2D eigenvalue weighted by Gasteiger charge is 2.18. The van der Waals surface area contributed by atoms with Crippen LogP contribution in [0.1, 0.15) is 22.6 Å². The smallest absolute Gasteiger partial charge is 0.0352 e. The lowest BCUT2D eigenvalue weighted by Crippen LogP contribution is -2.07. The summed E-state index contributed by atoms with van der Waals surface area (Å²) in [7, 11) is 0. The zero-order valence-electron chi connectivity index (χ0n) is 16.5. The van der Waals surface area contributed by atoms with Gasteiger partial charge in [0.25, 0.3) is 0 Å². The van der Waals surface area contributed by atoms with E-state index in [4.69, 9.17) is 0 Å². The molecule has 0 aliphatic carbocycles. The van der Waals surface area contributed by atoms with Crippen LogP contribution in [-0.4, -0.2) is 15.0 Å². The zero-order valence-corrected chi connectivity index (χ0v) is 16.5. The van der Waals surface area contributed by atoms with Gasteiger partial charge in [-0.05, 0) is 46.2 Å². The predicted octanol–water partition coefficient (Wildman–Crippen LogP) is 6.07. The van der Waals surface area contributed by atoms with E-state index in [1.165, 1.54) is 33.2 Å². The highest BCUT2D eigenvalue weighted by atomic mass is 14.6. The average Bonchev–Trinajstić information content (AvgIpc) is 2.83. The summed E-state index contributed by atoms with van der Waals surface area (Å²) in [5.41, 5.74) is 6.06. The average molecular weight is 387 g/mol. The van der Waals surface area contributed by atoms with Gasteiger partial charge in [0.2, 0.25) is 0 Å². The van der Waals surface area contributed by atoms with Gasteiger partial charge in [0.15, 0.2) is 0 Å². The van der Waals surface area contributed by atoms with E-state index < -0.39 is 0 Å².